The van der Waals surface area contributed by atoms with Crippen molar-refractivity contribution in [1.29, 1.82) is 0 Å². The molecule has 3 nitrogen and oxygen atoms in total. The lowest BCUT2D eigenvalue weighted by molar-refractivity contribution is 0.0697. The van der Waals surface area contributed by atoms with Crippen LogP contribution in [0.1, 0.15) is 33.5 Å². The molecule has 31 heavy (non-hydrogen) atoms. The predicted octanol–water partition coefficient (Wildman–Crippen LogP) is 6.19. The summed E-state index contributed by atoms with van der Waals surface area (Å²) in [6.07, 6.45) is 0.728. The smallest absolute Gasteiger partial charge is 0.335 e. The molecule has 0 heterocycles. The van der Waals surface area contributed by atoms with E-state index in [9.17, 15) is 4.79 Å². The van der Waals surface area contributed by atoms with Crippen molar-refractivity contribution in [2.75, 3.05) is 6.61 Å². The highest BCUT2D eigenvalue weighted by Crippen LogP contribution is 2.42. The van der Waals surface area contributed by atoms with E-state index in [1.807, 2.05) is 18.2 Å². The number of carboxylic acid groups (broad SMARTS) is 1. The highest BCUT2D eigenvalue weighted by Gasteiger charge is 2.36. The molecule has 0 unspecified atom stereocenters. The molecule has 0 fully saturated rings. The molecule has 0 saturated carbocycles. The average Bonchev–Trinajstić information content (AvgIpc) is 2.84. The highest BCUT2D eigenvalue weighted by molar-refractivity contribution is 5.87. The maximum absolute atomic E-state index is 11.1. The number of hydrogen-bond acceptors (Lipinski definition) is 2. The van der Waals surface area contributed by atoms with E-state index in [-0.39, 0.29) is 11.0 Å². The summed E-state index contributed by atoms with van der Waals surface area (Å²) in [6, 6.07) is 38.1. The Morgan fingerprint density at radius 3 is 1.45 bits per heavy atom. The van der Waals surface area contributed by atoms with E-state index in [2.05, 4.69) is 72.8 Å². The summed E-state index contributed by atoms with van der Waals surface area (Å²) in [5.41, 5.74) is 3.50. The Morgan fingerprint density at radius 2 is 1.06 bits per heavy atom. The Labute approximate surface area is 182 Å². The second-order valence-electron chi connectivity index (χ2n) is 7.43. The Hall–Kier alpha value is -3.85. The molecule has 3 heteroatoms. The van der Waals surface area contributed by atoms with Crippen LogP contribution < -0.4 is 4.74 Å². The Balaban J connectivity index is 1.71. The molecule has 0 aliphatic carbocycles. The van der Waals surface area contributed by atoms with Crippen LogP contribution in [0.2, 0.25) is 0 Å². The van der Waals surface area contributed by atoms with E-state index in [0.717, 1.165) is 6.42 Å². The zero-order chi connectivity index (χ0) is 21.5. The number of rotatable bonds is 8. The average molecular weight is 408 g/mol. The third-order valence-electron chi connectivity index (χ3n) is 5.65. The lowest BCUT2D eigenvalue weighted by Gasteiger charge is -2.36. The van der Waals surface area contributed by atoms with Crippen molar-refractivity contribution in [1.82, 2.24) is 0 Å². The predicted molar refractivity (Wildman–Crippen MR) is 123 cm³/mol. The van der Waals surface area contributed by atoms with Crippen molar-refractivity contribution in [2.45, 2.75) is 11.8 Å². The summed E-state index contributed by atoms with van der Waals surface area (Å²) in [5.74, 6) is -0.282. The summed E-state index contributed by atoms with van der Waals surface area (Å²) in [6.45, 7) is 0.477. The van der Waals surface area contributed by atoms with Crippen LogP contribution in [-0.4, -0.2) is 17.7 Å². The van der Waals surface area contributed by atoms with Crippen LogP contribution in [0.5, 0.6) is 5.75 Å². The summed E-state index contributed by atoms with van der Waals surface area (Å²) in [4.78, 5) is 11.1. The number of hydrogen-bond donors (Lipinski definition) is 1. The van der Waals surface area contributed by atoms with E-state index in [0.29, 0.717) is 12.4 Å². The molecule has 0 aromatic heterocycles. The first-order valence-corrected chi connectivity index (χ1v) is 10.3. The molecule has 154 valence electrons. The first-order valence-electron chi connectivity index (χ1n) is 10.3. The number of aromatic carboxylic acids is 1. The van der Waals surface area contributed by atoms with Gasteiger partial charge in [0.25, 0.3) is 0 Å². The molecule has 0 amide bonds. The van der Waals surface area contributed by atoms with Crippen LogP contribution in [0.25, 0.3) is 0 Å². The third kappa shape index (κ3) is 4.36. The zero-order valence-corrected chi connectivity index (χ0v) is 17.1. The van der Waals surface area contributed by atoms with Crippen molar-refractivity contribution in [3.8, 4) is 5.75 Å². The van der Waals surface area contributed by atoms with Gasteiger partial charge in [0.1, 0.15) is 5.75 Å². The molecule has 0 bridgehead atoms. The lowest BCUT2D eigenvalue weighted by Crippen LogP contribution is -2.31. The maximum atomic E-state index is 11.1. The van der Waals surface area contributed by atoms with Crippen molar-refractivity contribution in [3.05, 3.63) is 138 Å². The van der Waals surface area contributed by atoms with Crippen molar-refractivity contribution < 1.29 is 14.6 Å². The first kappa shape index (κ1) is 20.4. The quantitative estimate of drug-likeness (QED) is 0.354. The van der Waals surface area contributed by atoms with Crippen molar-refractivity contribution in [3.63, 3.8) is 0 Å². The third-order valence-corrected chi connectivity index (χ3v) is 5.65. The SMILES string of the molecule is O=C(O)c1ccc(OCCC(c2ccccc2)(c2ccccc2)c2ccccc2)cc1. The van der Waals surface area contributed by atoms with E-state index < -0.39 is 5.97 Å². The molecular formula is C28H24O3. The van der Waals surface area contributed by atoms with Crippen molar-refractivity contribution >= 4 is 5.97 Å². The molecule has 0 aliphatic heterocycles. The van der Waals surface area contributed by atoms with Gasteiger partial charge in [0.05, 0.1) is 12.2 Å². The number of carboxylic acids is 1. The highest BCUT2D eigenvalue weighted by atomic mass is 16.5. The Kier molecular flexibility index (Phi) is 6.13. The molecule has 0 atom stereocenters. The summed E-state index contributed by atoms with van der Waals surface area (Å²) >= 11 is 0. The topological polar surface area (TPSA) is 46.5 Å². The van der Waals surface area contributed by atoms with E-state index in [1.165, 1.54) is 16.7 Å². The van der Waals surface area contributed by atoms with Crippen LogP contribution in [0, 0.1) is 0 Å². The Bertz CT molecular complexity index is 1010. The summed E-state index contributed by atoms with van der Waals surface area (Å²) < 4.78 is 6.07. The largest absolute Gasteiger partial charge is 0.494 e. The normalized spacial score (nSPS) is 11.1. The van der Waals surface area contributed by atoms with Gasteiger partial charge < -0.3 is 9.84 Å². The second-order valence-corrected chi connectivity index (χ2v) is 7.43. The van der Waals surface area contributed by atoms with Gasteiger partial charge in [-0.1, -0.05) is 91.0 Å². The zero-order valence-electron chi connectivity index (χ0n) is 17.1. The summed E-state index contributed by atoms with van der Waals surface area (Å²) in [5, 5.41) is 9.10. The molecule has 4 aromatic rings. The van der Waals surface area contributed by atoms with Gasteiger partial charge in [-0.25, -0.2) is 4.79 Å². The fraction of sp³-hybridized carbons (Fsp3) is 0.107. The minimum atomic E-state index is -0.942. The van der Waals surface area contributed by atoms with Crippen LogP contribution in [0.15, 0.2) is 115 Å². The fourth-order valence-corrected chi connectivity index (χ4v) is 4.12. The van der Waals surface area contributed by atoms with Crippen LogP contribution in [-0.2, 0) is 5.41 Å². The fourth-order valence-electron chi connectivity index (χ4n) is 4.12. The van der Waals surface area contributed by atoms with Gasteiger partial charge in [0.2, 0.25) is 0 Å². The lowest BCUT2D eigenvalue weighted by atomic mass is 9.67. The van der Waals surface area contributed by atoms with Gasteiger partial charge in [0.15, 0.2) is 0 Å². The maximum Gasteiger partial charge on any atom is 0.335 e. The van der Waals surface area contributed by atoms with Crippen molar-refractivity contribution in [2.24, 2.45) is 0 Å². The van der Waals surface area contributed by atoms with Gasteiger partial charge in [-0.2, -0.15) is 0 Å². The monoisotopic (exact) mass is 408 g/mol. The number of benzene rings is 4. The molecule has 0 aliphatic rings. The second kappa shape index (κ2) is 9.31. The van der Waals surface area contributed by atoms with Gasteiger partial charge >= 0.3 is 5.97 Å². The Morgan fingerprint density at radius 1 is 0.645 bits per heavy atom. The van der Waals surface area contributed by atoms with E-state index >= 15 is 0 Å². The minimum absolute atomic E-state index is 0.250. The standard InChI is InChI=1S/C28H24O3/c29-27(30)22-16-18-26(19-17-22)31-21-20-28(23-10-4-1-5-11-23,24-12-6-2-7-13-24)25-14-8-3-9-15-25/h1-19H,20-21H2,(H,29,30). The van der Waals surface area contributed by atoms with Gasteiger partial charge in [0, 0.05) is 5.41 Å². The number of ether oxygens (including phenoxy) is 1. The minimum Gasteiger partial charge on any atom is -0.494 e. The van der Waals surface area contributed by atoms with E-state index in [1.54, 1.807) is 24.3 Å². The molecular weight excluding hydrogens is 384 g/mol. The molecule has 0 radical (unpaired) electrons. The first-order chi connectivity index (χ1) is 15.2. The number of carbonyl (C=O) groups is 1. The van der Waals surface area contributed by atoms with Gasteiger partial charge in [-0.05, 0) is 47.4 Å². The van der Waals surface area contributed by atoms with Crippen LogP contribution in [0.3, 0.4) is 0 Å². The molecule has 0 saturated heterocycles. The van der Waals surface area contributed by atoms with Gasteiger partial charge in [-0.15, -0.1) is 0 Å². The molecule has 0 spiro atoms. The summed E-state index contributed by atoms with van der Waals surface area (Å²) in [7, 11) is 0. The molecule has 4 aromatic carbocycles. The molecule has 1 N–H and O–H groups in total. The van der Waals surface area contributed by atoms with Crippen LogP contribution >= 0.6 is 0 Å². The van der Waals surface area contributed by atoms with Gasteiger partial charge in [-0.3, -0.25) is 0 Å². The molecule has 4 rings (SSSR count). The van der Waals surface area contributed by atoms with Crippen LogP contribution in [0.4, 0.5) is 0 Å². The van der Waals surface area contributed by atoms with E-state index in [4.69, 9.17) is 9.84 Å².